The van der Waals surface area contributed by atoms with Gasteiger partial charge >= 0.3 is 12.1 Å². The summed E-state index contributed by atoms with van der Waals surface area (Å²) in [6.07, 6.45) is -1.52. The van der Waals surface area contributed by atoms with Crippen LogP contribution in [0, 0.1) is 0 Å². The SMILES string of the molecule is C[C@H](OCc1ccccc1)[C@@H](NC(=O)c1cc(NC(=O)OCC2c3ccccc3-c3ccccc32)n(C)n1)C(=O)O. The van der Waals surface area contributed by atoms with Crippen LogP contribution < -0.4 is 10.6 Å². The minimum Gasteiger partial charge on any atom is -0.480 e. The molecule has 1 aliphatic rings. The van der Waals surface area contributed by atoms with Crippen molar-refractivity contribution in [1.82, 2.24) is 15.1 Å². The number of anilines is 1. The zero-order valence-electron chi connectivity index (χ0n) is 22.6. The summed E-state index contributed by atoms with van der Waals surface area (Å²) in [5, 5.41) is 18.9. The maximum Gasteiger partial charge on any atom is 0.412 e. The highest BCUT2D eigenvalue weighted by Gasteiger charge is 2.30. The Balaban J connectivity index is 1.19. The van der Waals surface area contributed by atoms with E-state index in [1.165, 1.54) is 10.7 Å². The molecule has 210 valence electrons. The molecule has 1 aliphatic carbocycles. The quantitative estimate of drug-likeness (QED) is 0.262. The molecule has 0 spiro atoms. The van der Waals surface area contributed by atoms with E-state index < -0.39 is 30.1 Å². The molecular formula is C31H30N4O6. The van der Waals surface area contributed by atoms with E-state index in [2.05, 4.69) is 27.9 Å². The number of benzene rings is 3. The average molecular weight is 555 g/mol. The van der Waals surface area contributed by atoms with Crippen LogP contribution in [-0.4, -0.2) is 51.6 Å². The smallest absolute Gasteiger partial charge is 0.412 e. The van der Waals surface area contributed by atoms with Crippen LogP contribution in [0.15, 0.2) is 84.9 Å². The number of carbonyl (C=O) groups is 3. The number of aromatic nitrogens is 2. The van der Waals surface area contributed by atoms with Gasteiger partial charge in [-0.25, -0.2) is 9.59 Å². The Morgan fingerprint density at radius 3 is 2.20 bits per heavy atom. The van der Waals surface area contributed by atoms with Gasteiger partial charge in [-0.15, -0.1) is 0 Å². The number of hydrogen-bond donors (Lipinski definition) is 3. The first-order chi connectivity index (χ1) is 19.8. The third-order valence-electron chi connectivity index (χ3n) is 7.06. The molecule has 10 heteroatoms. The summed E-state index contributed by atoms with van der Waals surface area (Å²) >= 11 is 0. The topological polar surface area (TPSA) is 132 Å². The second-order valence-corrected chi connectivity index (χ2v) is 9.78. The van der Waals surface area contributed by atoms with Crippen LogP contribution in [0.5, 0.6) is 0 Å². The fourth-order valence-electron chi connectivity index (χ4n) is 4.93. The number of carboxylic acid groups (broad SMARTS) is 1. The molecule has 0 aliphatic heterocycles. The molecule has 0 saturated heterocycles. The molecule has 3 aromatic carbocycles. The van der Waals surface area contributed by atoms with Gasteiger partial charge in [0.05, 0.1) is 12.7 Å². The van der Waals surface area contributed by atoms with Crippen molar-refractivity contribution in [2.75, 3.05) is 11.9 Å². The lowest BCUT2D eigenvalue weighted by Gasteiger charge is -2.21. The van der Waals surface area contributed by atoms with Crippen LogP contribution in [0.3, 0.4) is 0 Å². The van der Waals surface area contributed by atoms with Gasteiger partial charge in [0.1, 0.15) is 12.4 Å². The molecule has 4 aromatic rings. The molecule has 0 fully saturated rings. The van der Waals surface area contributed by atoms with E-state index in [0.717, 1.165) is 27.8 Å². The number of amides is 2. The van der Waals surface area contributed by atoms with Crippen molar-refractivity contribution >= 4 is 23.8 Å². The first-order valence-electron chi connectivity index (χ1n) is 13.2. The zero-order valence-corrected chi connectivity index (χ0v) is 22.6. The number of ether oxygens (including phenoxy) is 2. The first kappa shape index (κ1) is 27.6. The molecule has 3 N–H and O–H groups in total. The molecule has 0 unspecified atom stereocenters. The van der Waals surface area contributed by atoms with Crippen LogP contribution in [0.2, 0.25) is 0 Å². The van der Waals surface area contributed by atoms with Gasteiger partial charge in [0, 0.05) is 19.0 Å². The van der Waals surface area contributed by atoms with E-state index in [1.807, 2.05) is 66.7 Å². The Hall–Kier alpha value is -4.96. The molecule has 1 aromatic heterocycles. The van der Waals surface area contributed by atoms with Crippen molar-refractivity contribution < 1.29 is 29.0 Å². The van der Waals surface area contributed by atoms with Gasteiger partial charge < -0.3 is 19.9 Å². The molecular weight excluding hydrogens is 524 g/mol. The number of aryl methyl sites for hydroxylation is 1. The van der Waals surface area contributed by atoms with E-state index in [9.17, 15) is 19.5 Å². The third-order valence-corrected chi connectivity index (χ3v) is 7.06. The highest BCUT2D eigenvalue weighted by atomic mass is 16.5. The molecule has 1 heterocycles. The number of aliphatic carboxylic acids is 1. The summed E-state index contributed by atoms with van der Waals surface area (Å²) in [6, 6.07) is 25.4. The van der Waals surface area contributed by atoms with E-state index >= 15 is 0 Å². The van der Waals surface area contributed by atoms with Crippen LogP contribution >= 0.6 is 0 Å². The number of fused-ring (bicyclic) bond motifs is 3. The van der Waals surface area contributed by atoms with Crippen molar-refractivity contribution in [2.24, 2.45) is 7.05 Å². The second kappa shape index (κ2) is 12.1. The largest absolute Gasteiger partial charge is 0.480 e. The number of nitrogens with one attached hydrogen (secondary N) is 2. The Morgan fingerprint density at radius 2 is 1.56 bits per heavy atom. The van der Waals surface area contributed by atoms with Crippen molar-refractivity contribution in [3.8, 4) is 11.1 Å². The number of carbonyl (C=O) groups excluding carboxylic acids is 2. The van der Waals surface area contributed by atoms with E-state index in [4.69, 9.17) is 9.47 Å². The second-order valence-electron chi connectivity index (χ2n) is 9.78. The molecule has 0 bridgehead atoms. The molecule has 0 saturated carbocycles. The molecule has 0 radical (unpaired) electrons. The van der Waals surface area contributed by atoms with Crippen LogP contribution in [0.1, 0.15) is 40.0 Å². The Morgan fingerprint density at radius 1 is 0.951 bits per heavy atom. The maximum absolute atomic E-state index is 12.9. The molecule has 10 nitrogen and oxygen atoms in total. The van der Waals surface area contributed by atoms with Gasteiger partial charge in [0.2, 0.25) is 0 Å². The lowest BCUT2D eigenvalue weighted by Crippen LogP contribution is -2.48. The van der Waals surface area contributed by atoms with E-state index in [0.29, 0.717) is 0 Å². The lowest BCUT2D eigenvalue weighted by atomic mass is 9.98. The summed E-state index contributed by atoms with van der Waals surface area (Å²) in [5.74, 6) is -1.84. The van der Waals surface area contributed by atoms with Crippen LogP contribution in [0.25, 0.3) is 11.1 Å². The molecule has 2 atom stereocenters. The fraction of sp³-hybridized carbons (Fsp3) is 0.226. The third kappa shape index (κ3) is 6.12. The fourth-order valence-corrected chi connectivity index (χ4v) is 4.93. The minimum absolute atomic E-state index is 0.0667. The number of nitrogens with zero attached hydrogens (tertiary/aromatic N) is 2. The monoisotopic (exact) mass is 554 g/mol. The Bertz CT molecular complexity index is 1520. The molecule has 2 amide bonds. The standard InChI is InChI=1S/C31H30N4O6/c1-19(40-17-20-10-4-3-5-11-20)28(30(37)38)33-29(36)26-16-27(35(2)34-26)32-31(39)41-18-25-23-14-8-6-12-21(23)22-13-7-9-15-24(22)25/h3-16,19,25,28H,17-18H2,1-2H3,(H,32,39)(H,33,36)(H,37,38)/t19-,28+/m0/s1. The van der Waals surface area contributed by atoms with Crippen LogP contribution in [0.4, 0.5) is 10.6 Å². The van der Waals surface area contributed by atoms with Crippen molar-refractivity contribution in [3.63, 3.8) is 0 Å². The Labute approximate surface area is 236 Å². The van der Waals surface area contributed by atoms with Gasteiger partial charge in [0.25, 0.3) is 5.91 Å². The highest BCUT2D eigenvalue weighted by molar-refractivity contribution is 5.96. The van der Waals surface area contributed by atoms with E-state index in [1.54, 1.807) is 14.0 Å². The maximum atomic E-state index is 12.9. The summed E-state index contributed by atoms with van der Waals surface area (Å²) in [6.45, 7) is 1.90. The average Bonchev–Trinajstić information content (AvgIpc) is 3.51. The lowest BCUT2D eigenvalue weighted by molar-refractivity contribution is -0.143. The summed E-state index contributed by atoms with van der Waals surface area (Å²) in [4.78, 5) is 37.5. The predicted molar refractivity (Wildman–Crippen MR) is 151 cm³/mol. The number of hydrogen-bond acceptors (Lipinski definition) is 6. The number of rotatable bonds is 10. The van der Waals surface area contributed by atoms with Gasteiger partial charge in [0.15, 0.2) is 11.7 Å². The van der Waals surface area contributed by atoms with E-state index in [-0.39, 0.29) is 30.6 Å². The highest BCUT2D eigenvalue weighted by Crippen LogP contribution is 2.44. The summed E-state index contributed by atoms with van der Waals surface area (Å²) < 4.78 is 12.6. The molecule has 41 heavy (non-hydrogen) atoms. The number of carboxylic acids is 1. The minimum atomic E-state index is -1.31. The normalized spacial score (nSPS) is 13.5. The zero-order chi connectivity index (χ0) is 28.9. The van der Waals surface area contributed by atoms with Crippen molar-refractivity contribution in [2.45, 2.75) is 31.6 Å². The van der Waals surface area contributed by atoms with Crippen LogP contribution in [-0.2, 0) is 27.9 Å². The van der Waals surface area contributed by atoms with Gasteiger partial charge in [-0.2, -0.15) is 5.10 Å². The predicted octanol–water partition coefficient (Wildman–Crippen LogP) is 4.57. The van der Waals surface area contributed by atoms with Gasteiger partial charge in [-0.1, -0.05) is 78.9 Å². The van der Waals surface area contributed by atoms with Gasteiger partial charge in [-0.3, -0.25) is 14.8 Å². The summed E-state index contributed by atoms with van der Waals surface area (Å²) in [5.41, 5.74) is 5.25. The summed E-state index contributed by atoms with van der Waals surface area (Å²) in [7, 11) is 1.55. The van der Waals surface area contributed by atoms with Crippen molar-refractivity contribution in [3.05, 3.63) is 107 Å². The Kier molecular flexibility index (Phi) is 8.11. The molecule has 5 rings (SSSR count). The van der Waals surface area contributed by atoms with Crippen molar-refractivity contribution in [1.29, 1.82) is 0 Å². The first-order valence-corrected chi connectivity index (χ1v) is 13.2. The van der Waals surface area contributed by atoms with Gasteiger partial charge in [-0.05, 0) is 34.7 Å².